The predicted molar refractivity (Wildman–Crippen MR) is 75.5 cm³/mol. The van der Waals surface area contributed by atoms with E-state index in [1.165, 1.54) is 11.1 Å². The zero-order chi connectivity index (χ0) is 13.0. The van der Waals surface area contributed by atoms with Crippen molar-refractivity contribution >= 4 is 0 Å². The van der Waals surface area contributed by atoms with E-state index in [0.717, 1.165) is 38.9 Å². The van der Waals surface area contributed by atoms with Crippen molar-refractivity contribution in [2.75, 3.05) is 19.7 Å². The van der Waals surface area contributed by atoms with Crippen LogP contribution >= 0.6 is 0 Å². The van der Waals surface area contributed by atoms with Gasteiger partial charge in [-0.05, 0) is 55.8 Å². The molecule has 2 rings (SSSR count). The predicted octanol–water partition coefficient (Wildman–Crippen LogP) is 2.98. The van der Waals surface area contributed by atoms with Crippen LogP contribution in [-0.2, 0) is 6.54 Å². The molecule has 1 fully saturated rings. The first-order valence-electron chi connectivity index (χ1n) is 7.07. The second-order valence-electron chi connectivity index (χ2n) is 5.71. The number of nitrogens with zero attached hydrogens (tertiary/aromatic N) is 1. The molecule has 1 aromatic carbocycles. The summed E-state index contributed by atoms with van der Waals surface area (Å²) in [6.45, 7) is 8.02. The van der Waals surface area contributed by atoms with Crippen molar-refractivity contribution in [3.05, 3.63) is 35.4 Å². The standard InChI is InChI=1S/C16H25NO/c1-3-16(13-18)8-10-17(11-9-16)12-15-7-5-4-6-14(15)2/h4-7,18H,3,8-13H2,1-2H3. The van der Waals surface area contributed by atoms with Crippen molar-refractivity contribution in [1.29, 1.82) is 0 Å². The third-order valence-electron chi connectivity index (χ3n) is 4.66. The topological polar surface area (TPSA) is 23.5 Å². The van der Waals surface area contributed by atoms with Gasteiger partial charge in [0.15, 0.2) is 0 Å². The fourth-order valence-electron chi connectivity index (χ4n) is 2.84. The molecule has 0 saturated carbocycles. The molecule has 1 aliphatic rings. The quantitative estimate of drug-likeness (QED) is 0.884. The van der Waals surface area contributed by atoms with Crippen LogP contribution in [0.25, 0.3) is 0 Å². The molecular weight excluding hydrogens is 222 g/mol. The molecule has 100 valence electrons. The monoisotopic (exact) mass is 247 g/mol. The van der Waals surface area contributed by atoms with Crippen molar-refractivity contribution in [1.82, 2.24) is 4.90 Å². The Morgan fingerprint density at radius 3 is 2.44 bits per heavy atom. The van der Waals surface area contributed by atoms with Gasteiger partial charge in [-0.1, -0.05) is 31.2 Å². The molecule has 0 amide bonds. The molecule has 0 aliphatic carbocycles. The second kappa shape index (κ2) is 5.85. The lowest BCUT2D eigenvalue weighted by Crippen LogP contribution is -2.41. The Hall–Kier alpha value is -0.860. The summed E-state index contributed by atoms with van der Waals surface area (Å²) in [5.41, 5.74) is 3.01. The van der Waals surface area contributed by atoms with Gasteiger partial charge in [0.2, 0.25) is 0 Å². The number of benzene rings is 1. The van der Waals surface area contributed by atoms with E-state index >= 15 is 0 Å². The summed E-state index contributed by atoms with van der Waals surface area (Å²) in [6, 6.07) is 8.63. The van der Waals surface area contributed by atoms with Crippen molar-refractivity contribution in [2.24, 2.45) is 5.41 Å². The number of piperidine rings is 1. The third-order valence-corrected chi connectivity index (χ3v) is 4.66. The molecule has 1 N–H and O–H groups in total. The van der Waals surface area contributed by atoms with Gasteiger partial charge in [0.25, 0.3) is 0 Å². The molecular formula is C16H25NO. The van der Waals surface area contributed by atoms with Crippen molar-refractivity contribution in [3.8, 4) is 0 Å². The highest BCUT2D eigenvalue weighted by Crippen LogP contribution is 2.34. The minimum Gasteiger partial charge on any atom is -0.396 e. The maximum atomic E-state index is 9.54. The Morgan fingerprint density at radius 1 is 1.22 bits per heavy atom. The molecule has 1 aliphatic heterocycles. The minimum atomic E-state index is 0.197. The van der Waals surface area contributed by atoms with Crippen LogP contribution in [0.5, 0.6) is 0 Å². The van der Waals surface area contributed by atoms with Crippen LogP contribution in [-0.4, -0.2) is 29.7 Å². The average Bonchev–Trinajstić information content (AvgIpc) is 2.43. The van der Waals surface area contributed by atoms with Gasteiger partial charge in [0.05, 0.1) is 0 Å². The largest absolute Gasteiger partial charge is 0.396 e. The SMILES string of the molecule is CCC1(CO)CCN(Cc2ccccc2C)CC1. The summed E-state index contributed by atoms with van der Waals surface area (Å²) in [7, 11) is 0. The average molecular weight is 247 g/mol. The molecule has 0 aromatic heterocycles. The summed E-state index contributed by atoms with van der Waals surface area (Å²) in [5, 5.41) is 9.54. The van der Waals surface area contributed by atoms with Crippen LogP contribution < -0.4 is 0 Å². The molecule has 2 heteroatoms. The first-order chi connectivity index (χ1) is 8.69. The normalized spacial score (nSPS) is 19.9. The number of likely N-dealkylation sites (tertiary alicyclic amines) is 1. The number of aliphatic hydroxyl groups is 1. The first kappa shape index (κ1) is 13.6. The van der Waals surface area contributed by atoms with E-state index in [9.17, 15) is 5.11 Å². The van der Waals surface area contributed by atoms with Crippen LogP contribution in [0, 0.1) is 12.3 Å². The molecule has 1 heterocycles. The van der Waals surface area contributed by atoms with E-state index in [0.29, 0.717) is 6.61 Å². The summed E-state index contributed by atoms with van der Waals surface area (Å²) in [6.07, 6.45) is 3.36. The summed E-state index contributed by atoms with van der Waals surface area (Å²) in [4.78, 5) is 2.52. The van der Waals surface area contributed by atoms with Gasteiger partial charge in [0.1, 0.15) is 0 Å². The first-order valence-corrected chi connectivity index (χ1v) is 7.07. The second-order valence-corrected chi connectivity index (χ2v) is 5.71. The maximum absolute atomic E-state index is 9.54. The Morgan fingerprint density at radius 2 is 1.89 bits per heavy atom. The van der Waals surface area contributed by atoms with Gasteiger partial charge in [-0.25, -0.2) is 0 Å². The van der Waals surface area contributed by atoms with E-state index in [4.69, 9.17) is 0 Å². The highest BCUT2D eigenvalue weighted by molar-refractivity contribution is 5.25. The van der Waals surface area contributed by atoms with E-state index < -0.39 is 0 Å². The number of aryl methyl sites for hydroxylation is 1. The molecule has 0 bridgehead atoms. The minimum absolute atomic E-state index is 0.197. The highest BCUT2D eigenvalue weighted by atomic mass is 16.3. The Labute approximate surface area is 111 Å². The molecule has 0 atom stereocenters. The van der Waals surface area contributed by atoms with Gasteiger partial charge in [-0.2, -0.15) is 0 Å². The number of hydrogen-bond donors (Lipinski definition) is 1. The van der Waals surface area contributed by atoms with Crippen molar-refractivity contribution in [3.63, 3.8) is 0 Å². The van der Waals surface area contributed by atoms with E-state index in [-0.39, 0.29) is 5.41 Å². The molecule has 0 radical (unpaired) electrons. The lowest BCUT2D eigenvalue weighted by atomic mass is 9.77. The van der Waals surface area contributed by atoms with Crippen molar-refractivity contribution < 1.29 is 5.11 Å². The highest BCUT2D eigenvalue weighted by Gasteiger charge is 2.32. The molecule has 1 aromatic rings. The third kappa shape index (κ3) is 2.93. The van der Waals surface area contributed by atoms with Gasteiger partial charge in [-0.3, -0.25) is 4.90 Å². The van der Waals surface area contributed by atoms with Crippen LogP contribution in [0.1, 0.15) is 37.3 Å². The fourth-order valence-corrected chi connectivity index (χ4v) is 2.84. The fraction of sp³-hybridized carbons (Fsp3) is 0.625. The Kier molecular flexibility index (Phi) is 4.41. The van der Waals surface area contributed by atoms with Gasteiger partial charge < -0.3 is 5.11 Å². The maximum Gasteiger partial charge on any atom is 0.0488 e. The molecule has 0 spiro atoms. The van der Waals surface area contributed by atoms with E-state index in [2.05, 4.69) is 43.0 Å². The number of hydrogen-bond acceptors (Lipinski definition) is 2. The number of rotatable bonds is 4. The van der Waals surface area contributed by atoms with Crippen LogP contribution in [0.15, 0.2) is 24.3 Å². The summed E-state index contributed by atoms with van der Waals surface area (Å²) < 4.78 is 0. The lowest BCUT2D eigenvalue weighted by Gasteiger charge is -2.40. The Balaban J connectivity index is 1.93. The van der Waals surface area contributed by atoms with E-state index in [1.54, 1.807) is 0 Å². The zero-order valence-electron chi connectivity index (χ0n) is 11.7. The Bertz CT molecular complexity index is 374. The van der Waals surface area contributed by atoms with Gasteiger partial charge >= 0.3 is 0 Å². The van der Waals surface area contributed by atoms with Gasteiger partial charge in [-0.15, -0.1) is 0 Å². The van der Waals surface area contributed by atoms with E-state index in [1.807, 2.05) is 0 Å². The summed E-state index contributed by atoms with van der Waals surface area (Å²) in [5.74, 6) is 0. The molecule has 0 unspecified atom stereocenters. The zero-order valence-corrected chi connectivity index (χ0v) is 11.7. The van der Waals surface area contributed by atoms with Gasteiger partial charge in [0, 0.05) is 13.2 Å². The lowest BCUT2D eigenvalue weighted by molar-refractivity contribution is 0.0382. The molecule has 2 nitrogen and oxygen atoms in total. The smallest absolute Gasteiger partial charge is 0.0488 e. The molecule has 1 saturated heterocycles. The number of aliphatic hydroxyl groups excluding tert-OH is 1. The van der Waals surface area contributed by atoms with Crippen LogP contribution in [0.2, 0.25) is 0 Å². The van der Waals surface area contributed by atoms with Crippen LogP contribution in [0.4, 0.5) is 0 Å². The molecule has 18 heavy (non-hydrogen) atoms. The summed E-state index contributed by atoms with van der Waals surface area (Å²) >= 11 is 0. The van der Waals surface area contributed by atoms with Crippen LogP contribution in [0.3, 0.4) is 0 Å². The van der Waals surface area contributed by atoms with Crippen molar-refractivity contribution in [2.45, 2.75) is 39.7 Å².